The van der Waals surface area contributed by atoms with Gasteiger partial charge in [0.1, 0.15) is 5.65 Å². The van der Waals surface area contributed by atoms with Crippen LogP contribution in [0.15, 0.2) is 38.1 Å². The van der Waals surface area contributed by atoms with Gasteiger partial charge in [0.2, 0.25) is 0 Å². The van der Waals surface area contributed by atoms with Crippen LogP contribution in [-0.2, 0) is 0 Å². The largest absolute Gasteiger partial charge is 0.478 e. The molecular formula is C13H6Br2N2O3. The molecule has 20 heavy (non-hydrogen) atoms. The van der Waals surface area contributed by atoms with Gasteiger partial charge in [0.15, 0.2) is 5.43 Å². The third-order valence-corrected chi connectivity index (χ3v) is 3.81. The van der Waals surface area contributed by atoms with Gasteiger partial charge >= 0.3 is 5.97 Å². The number of H-pyrrole nitrogens is 1. The summed E-state index contributed by atoms with van der Waals surface area (Å²) in [6.07, 6.45) is 1.55. The van der Waals surface area contributed by atoms with Crippen LogP contribution in [0.5, 0.6) is 0 Å². The van der Waals surface area contributed by atoms with E-state index in [1.165, 1.54) is 6.07 Å². The van der Waals surface area contributed by atoms with Crippen LogP contribution < -0.4 is 5.43 Å². The van der Waals surface area contributed by atoms with Crippen molar-refractivity contribution in [3.05, 3.63) is 49.1 Å². The van der Waals surface area contributed by atoms with Crippen molar-refractivity contribution in [2.45, 2.75) is 0 Å². The first kappa shape index (κ1) is 13.3. The molecule has 0 atom stereocenters. The molecule has 5 nitrogen and oxygen atoms in total. The van der Waals surface area contributed by atoms with Crippen molar-refractivity contribution in [3.63, 3.8) is 0 Å². The van der Waals surface area contributed by atoms with Crippen LogP contribution in [0.3, 0.4) is 0 Å². The van der Waals surface area contributed by atoms with Gasteiger partial charge in [0.05, 0.1) is 16.5 Å². The Labute approximate surface area is 128 Å². The Balaban J connectivity index is 2.59. The summed E-state index contributed by atoms with van der Waals surface area (Å²) in [6.45, 7) is 0. The zero-order valence-electron chi connectivity index (χ0n) is 9.78. The second kappa shape index (κ2) is 4.68. The number of nitrogens with zero attached hydrogens (tertiary/aromatic N) is 1. The second-order valence-corrected chi connectivity index (χ2v) is 6.02. The van der Waals surface area contributed by atoms with E-state index < -0.39 is 5.97 Å². The Morgan fingerprint density at radius 2 is 1.85 bits per heavy atom. The number of aromatic amines is 1. The van der Waals surface area contributed by atoms with E-state index in [1.807, 2.05) is 0 Å². The fourth-order valence-corrected chi connectivity index (χ4v) is 2.85. The van der Waals surface area contributed by atoms with Crippen LogP contribution in [0.2, 0.25) is 0 Å². The predicted molar refractivity (Wildman–Crippen MR) is 82.2 cm³/mol. The van der Waals surface area contributed by atoms with Gasteiger partial charge in [-0.3, -0.25) is 4.79 Å². The number of aromatic nitrogens is 2. The lowest BCUT2D eigenvalue weighted by Gasteiger charge is -2.06. The standard InChI is InChI=1S/C13H6Br2N2O3/c14-5-1-7-10(8(2-5)13(19)20)17-12-9(11(7)18)3-6(15)4-16-12/h1-4H,(H,19,20)(H,16,17,18). The summed E-state index contributed by atoms with van der Waals surface area (Å²) in [4.78, 5) is 30.8. The van der Waals surface area contributed by atoms with Crippen molar-refractivity contribution in [2.24, 2.45) is 0 Å². The van der Waals surface area contributed by atoms with Gasteiger partial charge in [-0.2, -0.15) is 0 Å². The zero-order chi connectivity index (χ0) is 14.4. The van der Waals surface area contributed by atoms with Gasteiger partial charge in [0, 0.05) is 20.5 Å². The SMILES string of the molecule is O=C(O)c1cc(Br)cc2c(=O)c3cc(Br)cnc3[nH]c12. The maximum Gasteiger partial charge on any atom is 0.337 e. The minimum atomic E-state index is -1.11. The molecule has 3 rings (SSSR count). The number of fused-ring (bicyclic) bond motifs is 2. The summed E-state index contributed by atoms with van der Waals surface area (Å²) >= 11 is 6.49. The summed E-state index contributed by atoms with van der Waals surface area (Å²) in [5, 5.41) is 9.96. The average molecular weight is 398 g/mol. The van der Waals surface area contributed by atoms with Gasteiger partial charge in [0.25, 0.3) is 0 Å². The molecule has 0 saturated carbocycles. The molecule has 0 spiro atoms. The average Bonchev–Trinajstić information content (AvgIpc) is 2.40. The number of carbonyl (C=O) groups is 1. The van der Waals surface area contributed by atoms with Gasteiger partial charge in [-0.1, -0.05) is 15.9 Å². The summed E-state index contributed by atoms with van der Waals surface area (Å²) in [5.41, 5.74) is 0.396. The molecule has 0 saturated heterocycles. The Bertz CT molecular complexity index is 934. The van der Waals surface area contributed by atoms with E-state index in [0.29, 0.717) is 25.4 Å². The molecule has 0 aliphatic carbocycles. The van der Waals surface area contributed by atoms with Gasteiger partial charge in [-0.15, -0.1) is 0 Å². The van der Waals surface area contributed by atoms with Crippen molar-refractivity contribution in [3.8, 4) is 0 Å². The Morgan fingerprint density at radius 3 is 2.55 bits per heavy atom. The number of rotatable bonds is 1. The maximum atomic E-state index is 12.5. The smallest absolute Gasteiger partial charge is 0.337 e. The summed E-state index contributed by atoms with van der Waals surface area (Å²) in [6, 6.07) is 4.70. The van der Waals surface area contributed by atoms with Crippen LogP contribution in [0.25, 0.3) is 21.9 Å². The first-order chi connectivity index (χ1) is 9.47. The molecule has 3 aromatic rings. The Kier molecular flexibility index (Phi) is 3.10. The van der Waals surface area contributed by atoms with Crippen molar-refractivity contribution in [2.75, 3.05) is 0 Å². The number of pyridine rings is 2. The molecule has 0 unspecified atom stereocenters. The highest BCUT2D eigenvalue weighted by molar-refractivity contribution is 9.10. The quantitative estimate of drug-likeness (QED) is 0.617. The molecule has 0 amide bonds. The Morgan fingerprint density at radius 1 is 1.15 bits per heavy atom. The van der Waals surface area contributed by atoms with Crippen LogP contribution in [0, 0.1) is 0 Å². The van der Waals surface area contributed by atoms with E-state index in [0.717, 1.165) is 0 Å². The minimum Gasteiger partial charge on any atom is -0.478 e. The van der Waals surface area contributed by atoms with E-state index in [9.17, 15) is 14.7 Å². The minimum absolute atomic E-state index is 0.0260. The highest BCUT2D eigenvalue weighted by atomic mass is 79.9. The number of aromatic carboxylic acids is 1. The number of carboxylic acids is 1. The molecule has 7 heteroatoms. The number of hydrogen-bond donors (Lipinski definition) is 2. The molecule has 1 aromatic carbocycles. The fourth-order valence-electron chi connectivity index (χ4n) is 2.06. The Hall–Kier alpha value is -1.73. The van der Waals surface area contributed by atoms with Crippen molar-refractivity contribution >= 4 is 59.8 Å². The maximum absolute atomic E-state index is 12.5. The van der Waals surface area contributed by atoms with Crippen molar-refractivity contribution in [1.82, 2.24) is 9.97 Å². The van der Waals surface area contributed by atoms with E-state index in [1.54, 1.807) is 18.3 Å². The monoisotopic (exact) mass is 396 g/mol. The molecule has 0 bridgehead atoms. The van der Waals surface area contributed by atoms with E-state index >= 15 is 0 Å². The van der Waals surface area contributed by atoms with Crippen molar-refractivity contribution < 1.29 is 9.90 Å². The molecular weight excluding hydrogens is 392 g/mol. The first-order valence-corrected chi connectivity index (χ1v) is 7.10. The lowest BCUT2D eigenvalue weighted by atomic mass is 10.1. The van der Waals surface area contributed by atoms with Gasteiger partial charge < -0.3 is 10.1 Å². The zero-order valence-corrected chi connectivity index (χ0v) is 12.9. The number of hydrogen-bond acceptors (Lipinski definition) is 3. The molecule has 2 aromatic heterocycles. The summed E-state index contributed by atoms with van der Waals surface area (Å²) < 4.78 is 1.22. The normalized spacial score (nSPS) is 11.1. The predicted octanol–water partition coefficient (Wildman–Crippen LogP) is 3.30. The third-order valence-electron chi connectivity index (χ3n) is 2.92. The third kappa shape index (κ3) is 2.03. The molecule has 0 radical (unpaired) electrons. The van der Waals surface area contributed by atoms with Gasteiger partial charge in [-0.25, -0.2) is 9.78 Å². The van der Waals surface area contributed by atoms with E-state index in [4.69, 9.17) is 0 Å². The number of carboxylic acid groups (broad SMARTS) is 1. The fraction of sp³-hybridized carbons (Fsp3) is 0. The lowest BCUT2D eigenvalue weighted by molar-refractivity contribution is 0.0699. The number of nitrogens with one attached hydrogen (secondary N) is 1. The molecule has 0 fully saturated rings. The highest BCUT2D eigenvalue weighted by Crippen LogP contribution is 2.23. The topological polar surface area (TPSA) is 83.0 Å². The molecule has 0 aliphatic rings. The van der Waals surface area contributed by atoms with E-state index in [-0.39, 0.29) is 16.5 Å². The summed E-state index contributed by atoms with van der Waals surface area (Å²) in [7, 11) is 0. The second-order valence-electron chi connectivity index (χ2n) is 4.18. The molecule has 2 heterocycles. The lowest BCUT2D eigenvalue weighted by Crippen LogP contribution is -2.09. The molecule has 2 N–H and O–H groups in total. The number of benzene rings is 1. The molecule has 100 valence electrons. The number of halogens is 2. The van der Waals surface area contributed by atoms with Crippen LogP contribution in [0.1, 0.15) is 10.4 Å². The van der Waals surface area contributed by atoms with Crippen LogP contribution in [0.4, 0.5) is 0 Å². The van der Waals surface area contributed by atoms with Gasteiger partial charge in [-0.05, 0) is 34.1 Å². The van der Waals surface area contributed by atoms with Crippen LogP contribution >= 0.6 is 31.9 Å². The van der Waals surface area contributed by atoms with E-state index in [2.05, 4.69) is 41.8 Å². The first-order valence-electron chi connectivity index (χ1n) is 5.51. The highest BCUT2D eigenvalue weighted by Gasteiger charge is 2.15. The van der Waals surface area contributed by atoms with Crippen LogP contribution in [-0.4, -0.2) is 21.0 Å². The summed E-state index contributed by atoms with van der Waals surface area (Å²) in [5.74, 6) is -1.11. The molecule has 0 aliphatic heterocycles. The van der Waals surface area contributed by atoms with Crippen molar-refractivity contribution in [1.29, 1.82) is 0 Å².